The van der Waals surface area contributed by atoms with Crippen LogP contribution in [0.3, 0.4) is 0 Å². The van der Waals surface area contributed by atoms with Gasteiger partial charge < -0.3 is 19.6 Å². The van der Waals surface area contributed by atoms with Crippen LogP contribution >= 0.6 is 0 Å². The zero-order valence-electron chi connectivity index (χ0n) is 17.0. The topological polar surface area (TPSA) is 75.9 Å². The van der Waals surface area contributed by atoms with Gasteiger partial charge in [0.2, 0.25) is 0 Å². The summed E-state index contributed by atoms with van der Waals surface area (Å²) in [4.78, 5) is 0. The van der Waals surface area contributed by atoms with E-state index in [2.05, 4.69) is 16.6 Å². The molecule has 0 fully saturated rings. The first-order valence-corrected chi connectivity index (χ1v) is 9.41. The molecule has 0 aliphatic heterocycles. The van der Waals surface area contributed by atoms with Crippen LogP contribution in [0.1, 0.15) is 22.3 Å². The fraction of sp³-hybridized carbons (Fsp3) is 0.167. The third-order valence-electron chi connectivity index (χ3n) is 4.42. The molecule has 6 nitrogen and oxygen atoms in total. The second-order valence-corrected chi connectivity index (χ2v) is 6.42. The second kappa shape index (κ2) is 10.5. The standard InChI is InChI=1S/C24H23N3O3/c1-28-23-12-11-20(13-24(23)29-2)15-26-27-16-21-5-3-4-6-22(21)30-17-19-9-7-18(14-25)8-10-19/h3-13,16,26H,15,17H2,1-2H3/b27-16-. The molecule has 152 valence electrons. The van der Waals surface area contributed by atoms with Gasteiger partial charge in [0.05, 0.1) is 38.6 Å². The normalized spacial score (nSPS) is 10.4. The van der Waals surface area contributed by atoms with E-state index in [1.807, 2.05) is 54.6 Å². The zero-order chi connectivity index (χ0) is 21.2. The molecule has 0 heterocycles. The predicted octanol–water partition coefficient (Wildman–Crippen LogP) is 4.28. The van der Waals surface area contributed by atoms with Crippen LogP contribution in [0.4, 0.5) is 0 Å². The van der Waals surface area contributed by atoms with Crippen LogP contribution in [0.15, 0.2) is 71.8 Å². The number of benzene rings is 3. The number of hydrazone groups is 1. The van der Waals surface area contributed by atoms with Crippen molar-refractivity contribution in [3.05, 3.63) is 89.0 Å². The molecule has 3 rings (SSSR count). The zero-order valence-corrected chi connectivity index (χ0v) is 17.0. The van der Waals surface area contributed by atoms with Gasteiger partial charge in [-0.3, -0.25) is 0 Å². The van der Waals surface area contributed by atoms with Crippen molar-refractivity contribution in [3.8, 4) is 23.3 Å². The minimum Gasteiger partial charge on any atom is -0.493 e. The lowest BCUT2D eigenvalue weighted by Gasteiger charge is -2.10. The van der Waals surface area contributed by atoms with Gasteiger partial charge in [0.1, 0.15) is 12.4 Å². The van der Waals surface area contributed by atoms with E-state index in [9.17, 15) is 0 Å². The largest absolute Gasteiger partial charge is 0.493 e. The molecule has 30 heavy (non-hydrogen) atoms. The number of ether oxygens (including phenoxy) is 3. The molecule has 6 heteroatoms. The molecular formula is C24H23N3O3. The summed E-state index contributed by atoms with van der Waals surface area (Å²) in [6, 6.07) is 22.9. The summed E-state index contributed by atoms with van der Waals surface area (Å²) in [7, 11) is 3.23. The van der Waals surface area contributed by atoms with Gasteiger partial charge in [-0.25, -0.2) is 0 Å². The van der Waals surface area contributed by atoms with E-state index < -0.39 is 0 Å². The van der Waals surface area contributed by atoms with Crippen LogP contribution in [0.25, 0.3) is 0 Å². The summed E-state index contributed by atoms with van der Waals surface area (Å²) in [5, 5.41) is 13.2. The molecule has 0 saturated carbocycles. The number of hydrogen-bond acceptors (Lipinski definition) is 6. The fourth-order valence-corrected chi connectivity index (χ4v) is 2.80. The Hall–Kier alpha value is -3.98. The maximum absolute atomic E-state index is 8.88. The second-order valence-electron chi connectivity index (χ2n) is 6.42. The Morgan fingerprint density at radius 1 is 0.900 bits per heavy atom. The molecule has 0 aliphatic rings. The highest BCUT2D eigenvalue weighted by Gasteiger charge is 2.04. The SMILES string of the molecule is COc1ccc(CN/N=C\c2ccccc2OCc2ccc(C#N)cc2)cc1OC. The van der Waals surface area contributed by atoms with E-state index in [0.29, 0.717) is 30.2 Å². The van der Waals surface area contributed by atoms with Gasteiger partial charge in [-0.15, -0.1) is 0 Å². The summed E-state index contributed by atoms with van der Waals surface area (Å²) in [5.41, 5.74) is 6.55. The molecular weight excluding hydrogens is 378 g/mol. The fourth-order valence-electron chi connectivity index (χ4n) is 2.80. The Kier molecular flexibility index (Phi) is 7.28. The Bertz CT molecular complexity index is 1040. The number of rotatable bonds is 9. The van der Waals surface area contributed by atoms with Crippen LogP contribution in [-0.2, 0) is 13.2 Å². The average Bonchev–Trinajstić information content (AvgIpc) is 2.81. The number of nitrogens with zero attached hydrogens (tertiary/aromatic N) is 2. The Labute approximate surface area is 176 Å². The van der Waals surface area contributed by atoms with Gasteiger partial charge in [-0.2, -0.15) is 10.4 Å². The van der Waals surface area contributed by atoms with E-state index in [1.54, 1.807) is 32.6 Å². The molecule has 0 saturated heterocycles. The summed E-state index contributed by atoms with van der Waals surface area (Å²) in [5.74, 6) is 2.11. The van der Waals surface area contributed by atoms with Crippen molar-refractivity contribution in [1.82, 2.24) is 5.43 Å². The van der Waals surface area contributed by atoms with Crippen molar-refractivity contribution in [2.24, 2.45) is 5.10 Å². The van der Waals surface area contributed by atoms with Gasteiger partial charge in [-0.1, -0.05) is 30.3 Å². The van der Waals surface area contributed by atoms with Crippen molar-refractivity contribution in [2.75, 3.05) is 14.2 Å². The lowest BCUT2D eigenvalue weighted by molar-refractivity contribution is 0.306. The summed E-state index contributed by atoms with van der Waals surface area (Å²) < 4.78 is 16.5. The van der Waals surface area contributed by atoms with E-state index in [0.717, 1.165) is 22.4 Å². The van der Waals surface area contributed by atoms with Gasteiger partial charge in [0, 0.05) is 5.56 Å². The van der Waals surface area contributed by atoms with E-state index in [-0.39, 0.29) is 0 Å². The Morgan fingerprint density at radius 3 is 2.37 bits per heavy atom. The monoisotopic (exact) mass is 401 g/mol. The third-order valence-corrected chi connectivity index (χ3v) is 4.42. The number of nitrogens with one attached hydrogen (secondary N) is 1. The molecule has 0 unspecified atom stereocenters. The quantitative estimate of drug-likeness (QED) is 0.428. The molecule has 0 radical (unpaired) electrons. The van der Waals surface area contributed by atoms with E-state index in [1.165, 1.54) is 0 Å². The van der Waals surface area contributed by atoms with E-state index >= 15 is 0 Å². The minimum atomic E-state index is 0.412. The van der Waals surface area contributed by atoms with Gasteiger partial charge in [0.15, 0.2) is 11.5 Å². The van der Waals surface area contributed by atoms with E-state index in [4.69, 9.17) is 19.5 Å². The van der Waals surface area contributed by atoms with Crippen molar-refractivity contribution >= 4 is 6.21 Å². The highest BCUT2D eigenvalue weighted by atomic mass is 16.5. The number of para-hydroxylation sites is 1. The smallest absolute Gasteiger partial charge is 0.161 e. The van der Waals surface area contributed by atoms with Crippen LogP contribution < -0.4 is 19.6 Å². The molecule has 3 aromatic carbocycles. The third kappa shape index (κ3) is 5.52. The first-order valence-electron chi connectivity index (χ1n) is 9.41. The maximum atomic E-state index is 8.88. The number of methoxy groups -OCH3 is 2. The van der Waals surface area contributed by atoms with Gasteiger partial charge in [-0.05, 0) is 47.5 Å². The van der Waals surface area contributed by atoms with Crippen molar-refractivity contribution in [2.45, 2.75) is 13.2 Å². The summed E-state index contributed by atoms with van der Waals surface area (Å²) >= 11 is 0. The predicted molar refractivity (Wildman–Crippen MR) is 116 cm³/mol. The van der Waals surface area contributed by atoms with Gasteiger partial charge in [0.25, 0.3) is 0 Å². The highest BCUT2D eigenvalue weighted by molar-refractivity contribution is 5.83. The molecule has 0 amide bonds. The molecule has 3 aromatic rings. The summed E-state index contributed by atoms with van der Waals surface area (Å²) in [6.07, 6.45) is 1.73. The van der Waals surface area contributed by atoms with Crippen molar-refractivity contribution in [3.63, 3.8) is 0 Å². The molecule has 0 spiro atoms. The average molecular weight is 401 g/mol. The van der Waals surface area contributed by atoms with Crippen LogP contribution in [-0.4, -0.2) is 20.4 Å². The maximum Gasteiger partial charge on any atom is 0.161 e. The minimum absolute atomic E-state index is 0.412. The van der Waals surface area contributed by atoms with Crippen LogP contribution in [0.2, 0.25) is 0 Å². The Balaban J connectivity index is 1.59. The molecule has 0 aromatic heterocycles. The molecule has 0 bridgehead atoms. The van der Waals surface area contributed by atoms with Crippen LogP contribution in [0.5, 0.6) is 17.2 Å². The first kappa shape index (κ1) is 20.7. The van der Waals surface area contributed by atoms with Crippen LogP contribution in [0, 0.1) is 11.3 Å². The highest BCUT2D eigenvalue weighted by Crippen LogP contribution is 2.27. The van der Waals surface area contributed by atoms with Gasteiger partial charge >= 0.3 is 0 Å². The molecule has 0 aliphatic carbocycles. The summed E-state index contributed by atoms with van der Waals surface area (Å²) in [6.45, 7) is 0.959. The Morgan fingerprint density at radius 2 is 1.63 bits per heavy atom. The lowest BCUT2D eigenvalue weighted by Crippen LogP contribution is -2.06. The number of nitriles is 1. The van der Waals surface area contributed by atoms with Crippen molar-refractivity contribution < 1.29 is 14.2 Å². The molecule has 1 N–H and O–H groups in total. The first-order chi connectivity index (χ1) is 14.7. The molecule has 0 atom stereocenters. The van der Waals surface area contributed by atoms with Crippen molar-refractivity contribution in [1.29, 1.82) is 5.26 Å². The number of hydrogen-bond donors (Lipinski definition) is 1. The lowest BCUT2D eigenvalue weighted by atomic mass is 10.1.